The molecular formula is C13H12N2O5S3. The van der Waals surface area contributed by atoms with E-state index < -0.39 is 28.4 Å². The molecule has 0 radical (unpaired) electrons. The Morgan fingerprint density at radius 2 is 2.17 bits per heavy atom. The van der Waals surface area contributed by atoms with Gasteiger partial charge in [-0.1, -0.05) is 36.1 Å². The summed E-state index contributed by atoms with van der Waals surface area (Å²) in [6.45, 7) is -0.488. The lowest BCUT2D eigenvalue weighted by Crippen LogP contribution is -2.33. The van der Waals surface area contributed by atoms with Gasteiger partial charge in [0, 0.05) is 5.69 Å². The number of sulfonamides is 1. The van der Waals surface area contributed by atoms with E-state index in [1.165, 1.54) is 6.08 Å². The zero-order valence-corrected chi connectivity index (χ0v) is 14.3. The molecule has 0 spiro atoms. The maximum Gasteiger partial charge on any atom is 0.323 e. The van der Waals surface area contributed by atoms with Crippen molar-refractivity contribution in [1.82, 2.24) is 4.90 Å². The summed E-state index contributed by atoms with van der Waals surface area (Å²) in [4.78, 5) is 24.2. The van der Waals surface area contributed by atoms with Gasteiger partial charge < -0.3 is 5.11 Å². The molecule has 10 heteroatoms. The van der Waals surface area contributed by atoms with Gasteiger partial charge in [-0.25, -0.2) is 8.42 Å². The van der Waals surface area contributed by atoms with Gasteiger partial charge in [-0.15, -0.1) is 0 Å². The monoisotopic (exact) mass is 372 g/mol. The number of anilines is 1. The summed E-state index contributed by atoms with van der Waals surface area (Å²) < 4.78 is 25.0. The van der Waals surface area contributed by atoms with Gasteiger partial charge in [-0.2, -0.15) is 0 Å². The molecule has 7 nitrogen and oxygen atoms in total. The third kappa shape index (κ3) is 4.78. The number of carbonyl (C=O) groups excluding carboxylic acids is 1. The van der Waals surface area contributed by atoms with E-state index in [1.54, 1.807) is 24.3 Å². The first kappa shape index (κ1) is 17.4. The summed E-state index contributed by atoms with van der Waals surface area (Å²) in [5, 5.41) is 8.78. The molecule has 0 atom stereocenters. The Morgan fingerprint density at radius 3 is 2.78 bits per heavy atom. The van der Waals surface area contributed by atoms with Gasteiger partial charge in [0.15, 0.2) is 0 Å². The van der Waals surface area contributed by atoms with Crippen molar-refractivity contribution >= 4 is 62.0 Å². The molecule has 0 saturated carbocycles. The van der Waals surface area contributed by atoms with Crippen LogP contribution in [0.2, 0.25) is 0 Å². The number of carbonyl (C=O) groups is 2. The smallest absolute Gasteiger partial charge is 0.323 e. The summed E-state index contributed by atoms with van der Waals surface area (Å²) in [5.74, 6) is -1.63. The van der Waals surface area contributed by atoms with Crippen LogP contribution in [0.25, 0.3) is 6.08 Å². The van der Waals surface area contributed by atoms with Crippen molar-refractivity contribution in [2.24, 2.45) is 0 Å². The topological polar surface area (TPSA) is 104 Å². The van der Waals surface area contributed by atoms with Crippen molar-refractivity contribution in [3.8, 4) is 0 Å². The number of amides is 1. The second kappa shape index (κ2) is 6.69. The molecule has 2 N–H and O–H groups in total. The standard InChI is InChI=1S/C13H12N2O5S3/c1-23(19,20)14-9-4-2-3-8(5-9)6-10-12(18)15(7-11(16)17)13(21)22-10/h2-6,14H,7H2,1H3,(H,16,17)/b10-6-. The molecule has 1 heterocycles. The van der Waals surface area contributed by atoms with Gasteiger partial charge >= 0.3 is 5.97 Å². The molecule has 1 fully saturated rings. The fraction of sp³-hybridized carbons (Fsp3) is 0.154. The molecule has 1 saturated heterocycles. The van der Waals surface area contributed by atoms with Crippen LogP contribution >= 0.6 is 24.0 Å². The predicted molar refractivity (Wildman–Crippen MR) is 92.4 cm³/mol. The van der Waals surface area contributed by atoms with Crippen molar-refractivity contribution in [2.45, 2.75) is 0 Å². The Bertz CT molecular complexity index is 817. The Kier molecular flexibility index (Phi) is 5.07. The van der Waals surface area contributed by atoms with Crippen LogP contribution in [0.5, 0.6) is 0 Å². The maximum atomic E-state index is 12.1. The highest BCUT2D eigenvalue weighted by molar-refractivity contribution is 8.26. The molecule has 1 amide bonds. The molecule has 0 aliphatic carbocycles. The molecule has 1 aliphatic rings. The average molecular weight is 372 g/mol. The molecular weight excluding hydrogens is 360 g/mol. The molecule has 122 valence electrons. The fourth-order valence-electron chi connectivity index (χ4n) is 1.83. The summed E-state index contributed by atoms with van der Waals surface area (Å²) in [6, 6.07) is 6.47. The van der Waals surface area contributed by atoms with Gasteiger partial charge in [0.2, 0.25) is 10.0 Å². The van der Waals surface area contributed by atoms with E-state index in [2.05, 4.69) is 4.72 Å². The van der Waals surface area contributed by atoms with Crippen molar-refractivity contribution in [1.29, 1.82) is 0 Å². The first-order chi connectivity index (χ1) is 10.7. The Balaban J connectivity index is 2.25. The molecule has 1 aliphatic heterocycles. The summed E-state index contributed by atoms with van der Waals surface area (Å²) >= 11 is 6.00. The number of hydrogen-bond acceptors (Lipinski definition) is 6. The minimum Gasteiger partial charge on any atom is -0.480 e. The number of nitrogens with one attached hydrogen (secondary N) is 1. The number of aliphatic carboxylic acids is 1. The normalized spacial score (nSPS) is 16.9. The number of carboxylic acids is 1. The molecule has 1 aromatic carbocycles. The molecule has 0 aromatic heterocycles. The predicted octanol–water partition coefficient (Wildman–Crippen LogP) is 1.34. The molecule has 2 rings (SSSR count). The molecule has 1 aromatic rings. The number of benzene rings is 1. The van der Waals surface area contributed by atoms with E-state index in [4.69, 9.17) is 17.3 Å². The highest BCUT2D eigenvalue weighted by Crippen LogP contribution is 2.32. The summed E-state index contributed by atoms with van der Waals surface area (Å²) in [5.41, 5.74) is 0.955. The molecule has 0 unspecified atom stereocenters. The Labute approximate surface area is 142 Å². The van der Waals surface area contributed by atoms with Gasteiger partial charge in [-0.05, 0) is 23.8 Å². The first-order valence-corrected chi connectivity index (χ1v) is 9.32. The van der Waals surface area contributed by atoms with Crippen LogP contribution < -0.4 is 4.72 Å². The SMILES string of the molecule is CS(=O)(=O)Nc1cccc(/C=C2\SC(=S)N(CC(=O)O)C2=O)c1. The van der Waals surface area contributed by atoms with Gasteiger partial charge in [0.05, 0.1) is 11.2 Å². The number of thioether (sulfide) groups is 1. The lowest BCUT2D eigenvalue weighted by molar-refractivity contribution is -0.140. The minimum atomic E-state index is -3.40. The highest BCUT2D eigenvalue weighted by atomic mass is 32.2. The van der Waals surface area contributed by atoms with Gasteiger partial charge in [0.1, 0.15) is 10.9 Å². The minimum absolute atomic E-state index is 0.175. The van der Waals surface area contributed by atoms with E-state index in [-0.39, 0.29) is 9.23 Å². The number of rotatable bonds is 5. The third-order valence-electron chi connectivity index (χ3n) is 2.65. The van der Waals surface area contributed by atoms with Crippen molar-refractivity contribution in [3.05, 3.63) is 34.7 Å². The van der Waals surface area contributed by atoms with Crippen molar-refractivity contribution in [3.63, 3.8) is 0 Å². The first-order valence-electron chi connectivity index (χ1n) is 6.21. The van der Waals surface area contributed by atoms with Crippen molar-refractivity contribution in [2.75, 3.05) is 17.5 Å². The van der Waals surface area contributed by atoms with Gasteiger partial charge in [0.25, 0.3) is 5.91 Å². The van der Waals surface area contributed by atoms with Crippen LogP contribution in [0.1, 0.15) is 5.56 Å². The fourth-order valence-corrected chi connectivity index (χ4v) is 3.64. The van der Waals surface area contributed by atoms with Crippen LogP contribution in [-0.4, -0.2) is 47.4 Å². The largest absolute Gasteiger partial charge is 0.480 e. The van der Waals surface area contributed by atoms with E-state index in [1.807, 2.05) is 0 Å². The lowest BCUT2D eigenvalue weighted by atomic mass is 10.2. The van der Waals surface area contributed by atoms with E-state index >= 15 is 0 Å². The van der Waals surface area contributed by atoms with Crippen molar-refractivity contribution < 1.29 is 23.1 Å². The number of carboxylic acid groups (broad SMARTS) is 1. The van der Waals surface area contributed by atoms with E-state index in [9.17, 15) is 18.0 Å². The average Bonchev–Trinajstić information content (AvgIpc) is 2.64. The highest BCUT2D eigenvalue weighted by Gasteiger charge is 2.33. The van der Waals surface area contributed by atoms with E-state index in [0.717, 1.165) is 22.9 Å². The second-order valence-corrected chi connectivity index (χ2v) is 8.09. The van der Waals surface area contributed by atoms with Crippen LogP contribution in [0.3, 0.4) is 0 Å². The Hall–Kier alpha value is -1.91. The lowest BCUT2D eigenvalue weighted by Gasteiger charge is -2.10. The van der Waals surface area contributed by atoms with Crippen LogP contribution in [-0.2, 0) is 19.6 Å². The summed E-state index contributed by atoms with van der Waals surface area (Å²) in [6.07, 6.45) is 2.57. The number of hydrogen-bond donors (Lipinski definition) is 2. The third-order valence-corrected chi connectivity index (χ3v) is 4.64. The molecule has 0 bridgehead atoms. The summed E-state index contributed by atoms with van der Waals surface area (Å²) in [7, 11) is -3.40. The molecule has 23 heavy (non-hydrogen) atoms. The van der Waals surface area contributed by atoms with E-state index in [0.29, 0.717) is 11.3 Å². The van der Waals surface area contributed by atoms with Crippen LogP contribution in [0.15, 0.2) is 29.2 Å². The zero-order valence-electron chi connectivity index (χ0n) is 11.8. The Morgan fingerprint density at radius 1 is 1.48 bits per heavy atom. The second-order valence-electron chi connectivity index (χ2n) is 4.66. The maximum absolute atomic E-state index is 12.1. The quantitative estimate of drug-likeness (QED) is 0.594. The van der Waals surface area contributed by atoms with Gasteiger partial charge in [-0.3, -0.25) is 19.2 Å². The van der Waals surface area contributed by atoms with Crippen LogP contribution in [0, 0.1) is 0 Å². The van der Waals surface area contributed by atoms with Crippen LogP contribution in [0.4, 0.5) is 5.69 Å². The zero-order chi connectivity index (χ0) is 17.2. The number of nitrogens with zero attached hydrogens (tertiary/aromatic N) is 1. The number of thiocarbonyl (C=S) groups is 1.